The smallest absolute Gasteiger partial charge is 0.305 e. The van der Waals surface area contributed by atoms with E-state index < -0.39 is 23.6 Å². The first-order valence-corrected chi connectivity index (χ1v) is 17.6. The number of fused-ring (bicyclic) bond motifs is 9. The van der Waals surface area contributed by atoms with E-state index in [-0.39, 0.29) is 52.2 Å². The number of ether oxygens (including phenoxy) is 1. The Hall–Kier alpha value is -3.45. The average molecular weight is 741 g/mol. The molecule has 4 aliphatic rings. The van der Waals surface area contributed by atoms with Crippen LogP contribution in [0.25, 0.3) is 0 Å². The molecule has 4 unspecified atom stereocenters. The number of aromatic nitrogens is 1. The van der Waals surface area contributed by atoms with Crippen molar-refractivity contribution in [3.8, 4) is 5.75 Å². The van der Waals surface area contributed by atoms with Crippen molar-refractivity contribution < 1.29 is 23.5 Å². The molecule has 3 heterocycles. The van der Waals surface area contributed by atoms with Crippen LogP contribution in [-0.4, -0.2) is 34.6 Å². The highest BCUT2D eigenvalue weighted by atomic mass is 79.9. The van der Waals surface area contributed by atoms with Gasteiger partial charge in [-0.2, -0.15) is 0 Å². The standard InChI is InChI=1S/C33H24BrClFN3O5S2/c34-14-1-10-22(44-13-23(40)37-17-6-4-16(36)5-7-17)19(11-14)24-25-20-12-21(28(25)45-30-29(24)46-33(43)38-30)27-26(20)31(41)39(32(27)42)18-8-2-15(35)3-9-18/h1-11,20-21,24-28H,12-13H2,(H,37,40)(H,38,43)/t20-,21-,24-,25?,26?,27?,28?/m1/s1. The van der Waals surface area contributed by atoms with Crippen LogP contribution in [-0.2, 0) is 14.4 Å². The minimum atomic E-state index is -0.465. The minimum Gasteiger partial charge on any atom is -0.483 e. The summed E-state index contributed by atoms with van der Waals surface area (Å²) in [5, 5.41) is 4.00. The molecule has 4 aromatic rings. The van der Waals surface area contributed by atoms with E-state index in [1.54, 1.807) is 42.1 Å². The molecular formula is C33H24BrClFN3O5S2. The molecule has 2 bridgehead atoms. The molecule has 13 heteroatoms. The first-order chi connectivity index (χ1) is 22.2. The van der Waals surface area contributed by atoms with Crippen molar-refractivity contribution in [1.29, 1.82) is 0 Å². The van der Waals surface area contributed by atoms with Crippen LogP contribution in [0.2, 0.25) is 5.02 Å². The molecule has 3 fully saturated rings. The number of H-pyrrole nitrogens is 1. The van der Waals surface area contributed by atoms with Gasteiger partial charge in [-0.3, -0.25) is 24.1 Å². The van der Waals surface area contributed by atoms with Crippen LogP contribution in [0.1, 0.15) is 22.8 Å². The lowest BCUT2D eigenvalue weighted by molar-refractivity contribution is -0.123. The van der Waals surface area contributed by atoms with E-state index in [4.69, 9.17) is 16.3 Å². The van der Waals surface area contributed by atoms with E-state index in [0.29, 0.717) is 22.1 Å². The number of amides is 3. The zero-order valence-corrected chi connectivity index (χ0v) is 27.7. The lowest BCUT2D eigenvalue weighted by Crippen LogP contribution is -2.42. The third-order valence-corrected chi connectivity index (χ3v) is 12.9. The maximum atomic E-state index is 14.0. The van der Waals surface area contributed by atoms with Crippen molar-refractivity contribution >= 4 is 79.7 Å². The number of rotatable bonds is 6. The highest BCUT2D eigenvalue weighted by Gasteiger charge is 2.69. The SMILES string of the molecule is O=C(COc1ccc(Br)cc1[C@H]1c2sc(=O)[nH]c2SC2C1[C@H]1C[C@@H]2C2C(=O)N(c3ccc(Cl)cc3)C(=O)C21)Nc1ccc(F)cc1. The highest BCUT2D eigenvalue weighted by molar-refractivity contribution is 9.10. The number of hydrogen-bond acceptors (Lipinski definition) is 7. The fraction of sp³-hybridized carbons (Fsp3) is 0.273. The Labute approximate surface area is 283 Å². The molecule has 1 saturated heterocycles. The quantitative estimate of drug-likeness (QED) is 0.214. The Morgan fingerprint density at radius 1 is 1.02 bits per heavy atom. The van der Waals surface area contributed by atoms with Gasteiger partial charge in [-0.25, -0.2) is 4.39 Å². The fourth-order valence-electron chi connectivity index (χ4n) is 7.98. The van der Waals surface area contributed by atoms with E-state index in [9.17, 15) is 23.6 Å². The van der Waals surface area contributed by atoms with Gasteiger partial charge in [0.2, 0.25) is 11.8 Å². The lowest BCUT2D eigenvalue weighted by atomic mass is 9.68. The molecule has 3 amide bonds. The molecule has 234 valence electrons. The zero-order chi connectivity index (χ0) is 31.9. The summed E-state index contributed by atoms with van der Waals surface area (Å²) >= 11 is 12.4. The second kappa shape index (κ2) is 11.4. The van der Waals surface area contributed by atoms with Gasteiger partial charge in [0.25, 0.3) is 5.91 Å². The minimum absolute atomic E-state index is 0.00970. The van der Waals surface area contributed by atoms with Crippen LogP contribution in [0.4, 0.5) is 15.8 Å². The highest BCUT2D eigenvalue weighted by Crippen LogP contribution is 2.69. The number of hydrogen-bond donors (Lipinski definition) is 2. The Morgan fingerprint density at radius 3 is 2.48 bits per heavy atom. The van der Waals surface area contributed by atoms with Gasteiger partial charge in [-0.15, -0.1) is 11.8 Å². The molecule has 8 rings (SSSR count). The van der Waals surface area contributed by atoms with E-state index in [1.807, 2.05) is 12.1 Å². The van der Waals surface area contributed by atoms with Crippen LogP contribution in [0.15, 0.2) is 81.0 Å². The number of thioether (sulfide) groups is 1. The predicted octanol–water partition coefficient (Wildman–Crippen LogP) is 6.69. The van der Waals surface area contributed by atoms with Crippen molar-refractivity contribution in [2.24, 2.45) is 29.6 Å². The van der Waals surface area contributed by atoms with E-state index in [1.165, 1.54) is 29.2 Å². The number of anilines is 2. The number of aromatic amines is 1. The lowest BCUT2D eigenvalue weighted by Gasteiger charge is -2.43. The largest absolute Gasteiger partial charge is 0.483 e. The molecule has 2 aliphatic heterocycles. The zero-order valence-electron chi connectivity index (χ0n) is 23.7. The second-order valence-corrected chi connectivity index (χ2v) is 15.5. The van der Waals surface area contributed by atoms with Gasteiger partial charge in [0.15, 0.2) is 6.61 Å². The number of benzene rings is 3. The van der Waals surface area contributed by atoms with E-state index in [2.05, 4.69) is 26.2 Å². The molecule has 7 atom stereocenters. The summed E-state index contributed by atoms with van der Waals surface area (Å²) in [6.45, 7) is -0.294. The first-order valence-electron chi connectivity index (χ1n) is 14.7. The van der Waals surface area contributed by atoms with Crippen molar-refractivity contribution in [1.82, 2.24) is 4.98 Å². The van der Waals surface area contributed by atoms with Crippen LogP contribution in [0.5, 0.6) is 5.75 Å². The number of thiazole rings is 1. The van der Waals surface area contributed by atoms with Gasteiger partial charge in [0, 0.05) is 36.8 Å². The van der Waals surface area contributed by atoms with Gasteiger partial charge < -0.3 is 15.0 Å². The summed E-state index contributed by atoms with van der Waals surface area (Å²) in [6, 6.07) is 17.8. The fourth-order valence-corrected chi connectivity index (χ4v) is 11.4. The summed E-state index contributed by atoms with van der Waals surface area (Å²) in [5.41, 5.74) is 1.76. The van der Waals surface area contributed by atoms with Gasteiger partial charge in [0.05, 0.1) is 22.5 Å². The predicted molar refractivity (Wildman–Crippen MR) is 177 cm³/mol. The van der Waals surface area contributed by atoms with Gasteiger partial charge in [-0.1, -0.05) is 38.9 Å². The number of carbonyl (C=O) groups is 3. The van der Waals surface area contributed by atoms with E-state index in [0.717, 1.165) is 37.7 Å². The molecule has 2 N–H and O–H groups in total. The van der Waals surface area contributed by atoms with Crippen molar-refractivity contribution in [3.05, 3.63) is 102 Å². The van der Waals surface area contributed by atoms with Gasteiger partial charge in [0.1, 0.15) is 11.6 Å². The Kier molecular flexibility index (Phi) is 7.39. The van der Waals surface area contributed by atoms with Crippen molar-refractivity contribution in [2.45, 2.75) is 22.6 Å². The van der Waals surface area contributed by atoms with Crippen LogP contribution >= 0.6 is 50.6 Å². The normalized spacial score (nSPS) is 27.4. The molecule has 46 heavy (non-hydrogen) atoms. The third-order valence-electron chi connectivity index (χ3n) is 9.60. The third kappa shape index (κ3) is 4.83. The summed E-state index contributed by atoms with van der Waals surface area (Å²) < 4.78 is 20.2. The van der Waals surface area contributed by atoms with Crippen LogP contribution in [0.3, 0.4) is 0 Å². The van der Waals surface area contributed by atoms with Crippen LogP contribution < -0.4 is 19.8 Å². The summed E-state index contributed by atoms with van der Waals surface area (Å²) in [7, 11) is 0. The van der Waals surface area contributed by atoms with Gasteiger partial charge in [-0.05, 0) is 90.9 Å². The second-order valence-electron chi connectivity index (χ2n) is 12.0. The average Bonchev–Trinajstić information content (AvgIpc) is 3.77. The molecule has 0 radical (unpaired) electrons. The first kappa shape index (κ1) is 29.9. The van der Waals surface area contributed by atoms with E-state index >= 15 is 0 Å². The maximum Gasteiger partial charge on any atom is 0.305 e. The van der Waals surface area contributed by atoms with Gasteiger partial charge >= 0.3 is 4.87 Å². The Bertz CT molecular complexity index is 1970. The van der Waals surface area contributed by atoms with Crippen molar-refractivity contribution in [3.63, 3.8) is 0 Å². The molecular weight excluding hydrogens is 717 g/mol. The summed E-state index contributed by atoms with van der Waals surface area (Å²) in [6.07, 6.45) is 0.740. The number of nitrogens with zero attached hydrogens (tertiary/aromatic N) is 1. The molecule has 1 aromatic heterocycles. The topological polar surface area (TPSA) is 109 Å². The van der Waals surface area contributed by atoms with Crippen molar-refractivity contribution in [2.75, 3.05) is 16.8 Å². The number of halogens is 3. The number of carbonyl (C=O) groups excluding carboxylic acids is 3. The monoisotopic (exact) mass is 739 g/mol. The molecule has 2 aliphatic carbocycles. The molecule has 8 nitrogen and oxygen atoms in total. The number of imide groups is 1. The Morgan fingerprint density at radius 2 is 1.74 bits per heavy atom. The number of nitrogens with one attached hydrogen (secondary N) is 2. The summed E-state index contributed by atoms with van der Waals surface area (Å²) in [5.74, 6) is -2.09. The van der Waals surface area contributed by atoms with Crippen LogP contribution in [0, 0.1) is 35.4 Å². The molecule has 3 aromatic carbocycles. The molecule has 2 saturated carbocycles. The Balaban J connectivity index is 1.14. The molecule has 0 spiro atoms. The maximum absolute atomic E-state index is 14.0. The summed E-state index contributed by atoms with van der Waals surface area (Å²) in [4.78, 5) is 58.4.